The molecule has 0 aliphatic carbocycles. The Balaban J connectivity index is 1.69. The maximum absolute atomic E-state index is 6.38. The van der Waals surface area contributed by atoms with Crippen LogP contribution in [-0.2, 0) is 11.3 Å². The van der Waals surface area contributed by atoms with Gasteiger partial charge in [0.1, 0.15) is 5.75 Å². The third-order valence-corrected chi connectivity index (χ3v) is 4.34. The van der Waals surface area contributed by atoms with Crippen molar-refractivity contribution in [2.24, 2.45) is 11.5 Å². The van der Waals surface area contributed by atoms with E-state index in [1.54, 1.807) is 13.3 Å². The molecule has 24 heavy (non-hydrogen) atoms. The predicted octanol–water partition coefficient (Wildman–Crippen LogP) is 1.75. The van der Waals surface area contributed by atoms with Crippen molar-refractivity contribution in [3.05, 3.63) is 53.9 Å². The van der Waals surface area contributed by atoms with Gasteiger partial charge in [-0.15, -0.1) is 0 Å². The molecule has 0 spiro atoms. The molecule has 1 aromatic carbocycles. The molecule has 0 amide bonds. The van der Waals surface area contributed by atoms with Crippen LogP contribution in [0.5, 0.6) is 5.75 Å². The Hall–Kier alpha value is -2.31. The van der Waals surface area contributed by atoms with Gasteiger partial charge in [0, 0.05) is 36.2 Å². The lowest BCUT2D eigenvalue weighted by molar-refractivity contribution is 0.0680. The van der Waals surface area contributed by atoms with Crippen LogP contribution >= 0.6 is 0 Å². The SMILES string of the molecule is COc1ccc(Cn2cc(/C(N)=C/C3(N)CCOCC3)cn2)cc1. The van der Waals surface area contributed by atoms with Crippen molar-refractivity contribution in [3.8, 4) is 5.75 Å². The van der Waals surface area contributed by atoms with Crippen LogP contribution in [0.2, 0.25) is 0 Å². The highest BCUT2D eigenvalue weighted by atomic mass is 16.5. The fraction of sp³-hybridized carbons (Fsp3) is 0.389. The standard InChI is InChI=1S/C18H24N4O2/c1-23-16-4-2-14(3-5-16)12-22-13-15(11-21-22)17(19)10-18(20)6-8-24-9-7-18/h2-5,10-11,13H,6-9,12,19-20H2,1H3/b17-10-. The molecule has 0 atom stereocenters. The third-order valence-electron chi connectivity index (χ3n) is 4.34. The highest BCUT2D eigenvalue weighted by molar-refractivity contribution is 5.62. The van der Waals surface area contributed by atoms with E-state index < -0.39 is 0 Å². The minimum atomic E-state index is -0.388. The van der Waals surface area contributed by atoms with E-state index in [9.17, 15) is 0 Å². The number of nitrogens with two attached hydrogens (primary N) is 2. The largest absolute Gasteiger partial charge is 0.497 e. The number of ether oxygens (including phenoxy) is 2. The summed E-state index contributed by atoms with van der Waals surface area (Å²) in [4.78, 5) is 0. The van der Waals surface area contributed by atoms with Crippen LogP contribution in [-0.4, -0.2) is 35.6 Å². The molecule has 0 unspecified atom stereocenters. The van der Waals surface area contributed by atoms with Crippen LogP contribution < -0.4 is 16.2 Å². The molecule has 1 saturated heterocycles. The summed E-state index contributed by atoms with van der Waals surface area (Å²) in [5.74, 6) is 0.844. The third kappa shape index (κ3) is 3.96. The smallest absolute Gasteiger partial charge is 0.118 e. The highest BCUT2D eigenvalue weighted by Crippen LogP contribution is 2.22. The van der Waals surface area contributed by atoms with Gasteiger partial charge < -0.3 is 20.9 Å². The summed E-state index contributed by atoms with van der Waals surface area (Å²) in [6, 6.07) is 7.93. The molecule has 6 nitrogen and oxygen atoms in total. The second-order valence-corrected chi connectivity index (χ2v) is 6.22. The van der Waals surface area contributed by atoms with E-state index in [1.807, 2.05) is 41.2 Å². The van der Waals surface area contributed by atoms with Crippen molar-refractivity contribution in [1.82, 2.24) is 9.78 Å². The maximum atomic E-state index is 6.38. The van der Waals surface area contributed by atoms with Crippen LogP contribution in [0.4, 0.5) is 0 Å². The van der Waals surface area contributed by atoms with E-state index in [2.05, 4.69) is 5.10 Å². The van der Waals surface area contributed by atoms with Crippen molar-refractivity contribution in [1.29, 1.82) is 0 Å². The van der Waals surface area contributed by atoms with Crippen LogP contribution in [0.1, 0.15) is 24.0 Å². The van der Waals surface area contributed by atoms with E-state index >= 15 is 0 Å². The van der Waals surface area contributed by atoms with Crippen LogP contribution in [0, 0.1) is 0 Å². The summed E-state index contributed by atoms with van der Waals surface area (Å²) in [5, 5.41) is 4.39. The zero-order chi connectivity index (χ0) is 17.0. The van der Waals surface area contributed by atoms with E-state index in [-0.39, 0.29) is 5.54 Å². The Morgan fingerprint density at radius 2 is 2.04 bits per heavy atom. The van der Waals surface area contributed by atoms with Crippen LogP contribution in [0.15, 0.2) is 42.7 Å². The Morgan fingerprint density at radius 1 is 1.33 bits per heavy atom. The summed E-state index contributed by atoms with van der Waals surface area (Å²) >= 11 is 0. The van der Waals surface area contributed by atoms with Gasteiger partial charge in [0.05, 0.1) is 19.9 Å². The minimum absolute atomic E-state index is 0.388. The Kier molecular flexibility index (Phi) is 4.87. The summed E-state index contributed by atoms with van der Waals surface area (Å²) in [5.41, 5.74) is 14.9. The van der Waals surface area contributed by atoms with Gasteiger partial charge in [-0.1, -0.05) is 12.1 Å². The summed E-state index contributed by atoms with van der Waals surface area (Å²) in [6.45, 7) is 2.03. The van der Waals surface area contributed by atoms with Gasteiger partial charge >= 0.3 is 0 Å². The molecule has 4 N–H and O–H groups in total. The van der Waals surface area contributed by atoms with Gasteiger partial charge in [0.2, 0.25) is 0 Å². The molecule has 1 aliphatic heterocycles. The normalized spacial score (nSPS) is 17.7. The summed E-state index contributed by atoms with van der Waals surface area (Å²) in [6.07, 6.45) is 7.24. The van der Waals surface area contributed by atoms with E-state index in [1.165, 1.54) is 0 Å². The average molecular weight is 328 g/mol. The zero-order valence-corrected chi connectivity index (χ0v) is 13.9. The number of hydrogen-bond donors (Lipinski definition) is 2. The number of hydrogen-bond acceptors (Lipinski definition) is 5. The van der Waals surface area contributed by atoms with Crippen molar-refractivity contribution >= 4 is 5.70 Å². The van der Waals surface area contributed by atoms with Crippen LogP contribution in [0.3, 0.4) is 0 Å². The Labute approximate surface area is 142 Å². The van der Waals surface area contributed by atoms with Gasteiger partial charge in [0.25, 0.3) is 0 Å². The van der Waals surface area contributed by atoms with Crippen molar-refractivity contribution in [3.63, 3.8) is 0 Å². The fourth-order valence-corrected chi connectivity index (χ4v) is 2.81. The monoisotopic (exact) mass is 328 g/mol. The molecule has 1 aromatic heterocycles. The first-order chi connectivity index (χ1) is 11.6. The molecule has 3 rings (SSSR count). The quantitative estimate of drug-likeness (QED) is 0.873. The maximum Gasteiger partial charge on any atom is 0.118 e. The molecular weight excluding hydrogens is 304 g/mol. The number of methoxy groups -OCH3 is 1. The zero-order valence-electron chi connectivity index (χ0n) is 13.9. The molecule has 2 heterocycles. The lowest BCUT2D eigenvalue weighted by Crippen LogP contribution is -2.43. The molecule has 1 aliphatic rings. The van der Waals surface area contributed by atoms with E-state index in [0.29, 0.717) is 25.5 Å². The fourth-order valence-electron chi connectivity index (χ4n) is 2.81. The average Bonchev–Trinajstić information content (AvgIpc) is 3.04. The first kappa shape index (κ1) is 16.5. The number of aromatic nitrogens is 2. The summed E-state index contributed by atoms with van der Waals surface area (Å²) < 4.78 is 12.4. The first-order valence-electron chi connectivity index (χ1n) is 8.09. The second kappa shape index (κ2) is 7.07. The predicted molar refractivity (Wildman–Crippen MR) is 93.5 cm³/mol. The summed E-state index contributed by atoms with van der Waals surface area (Å²) in [7, 11) is 1.66. The number of nitrogens with zero attached hydrogens (tertiary/aromatic N) is 2. The van der Waals surface area contributed by atoms with Crippen molar-refractivity contribution in [2.75, 3.05) is 20.3 Å². The van der Waals surface area contributed by atoms with Crippen molar-refractivity contribution in [2.45, 2.75) is 24.9 Å². The molecule has 0 saturated carbocycles. The first-order valence-corrected chi connectivity index (χ1v) is 8.09. The van der Waals surface area contributed by atoms with Crippen LogP contribution in [0.25, 0.3) is 5.70 Å². The Bertz CT molecular complexity index is 700. The number of benzene rings is 1. The number of rotatable bonds is 5. The van der Waals surface area contributed by atoms with E-state index in [0.717, 1.165) is 29.7 Å². The minimum Gasteiger partial charge on any atom is -0.497 e. The molecule has 0 bridgehead atoms. The van der Waals surface area contributed by atoms with Gasteiger partial charge in [-0.2, -0.15) is 5.10 Å². The molecule has 2 aromatic rings. The molecule has 6 heteroatoms. The van der Waals surface area contributed by atoms with Gasteiger partial charge in [0.15, 0.2) is 0 Å². The highest BCUT2D eigenvalue weighted by Gasteiger charge is 2.26. The molecule has 128 valence electrons. The van der Waals surface area contributed by atoms with E-state index in [4.69, 9.17) is 20.9 Å². The Morgan fingerprint density at radius 3 is 2.71 bits per heavy atom. The molecular formula is C18H24N4O2. The molecule has 1 fully saturated rings. The molecule has 0 radical (unpaired) electrons. The topological polar surface area (TPSA) is 88.3 Å². The second-order valence-electron chi connectivity index (χ2n) is 6.22. The lowest BCUT2D eigenvalue weighted by Gasteiger charge is -2.30. The lowest BCUT2D eigenvalue weighted by atomic mass is 9.90. The van der Waals surface area contributed by atoms with Gasteiger partial charge in [-0.25, -0.2) is 0 Å². The van der Waals surface area contributed by atoms with Gasteiger partial charge in [-0.3, -0.25) is 4.68 Å². The van der Waals surface area contributed by atoms with Gasteiger partial charge in [-0.05, 0) is 36.6 Å². The van der Waals surface area contributed by atoms with Crippen molar-refractivity contribution < 1.29 is 9.47 Å².